The van der Waals surface area contributed by atoms with Crippen LogP contribution in [-0.4, -0.2) is 17.5 Å². The van der Waals surface area contributed by atoms with Gasteiger partial charge in [-0.1, -0.05) is 35.0 Å². The summed E-state index contributed by atoms with van der Waals surface area (Å²) in [5.41, 5.74) is 4.21. The van der Waals surface area contributed by atoms with Crippen molar-refractivity contribution in [2.24, 2.45) is 5.84 Å². The molecule has 16 heavy (non-hydrogen) atoms. The molecule has 0 amide bonds. The van der Waals surface area contributed by atoms with Gasteiger partial charge < -0.3 is 0 Å². The number of nitrogens with two attached hydrogens (primary N) is 1. The van der Waals surface area contributed by atoms with Gasteiger partial charge >= 0.3 is 0 Å². The molecule has 0 aromatic heterocycles. The minimum absolute atomic E-state index is 0.359. The molecule has 0 saturated heterocycles. The third-order valence-electron chi connectivity index (χ3n) is 2.30. The molecule has 3 N–H and O–H groups in total. The smallest absolute Gasteiger partial charge is 0.0341 e. The molecule has 0 bridgehead atoms. The van der Waals surface area contributed by atoms with Gasteiger partial charge in [0.2, 0.25) is 0 Å². The highest BCUT2D eigenvalue weighted by molar-refractivity contribution is 9.10. The van der Waals surface area contributed by atoms with E-state index in [0.29, 0.717) is 6.04 Å². The topological polar surface area (TPSA) is 38.0 Å². The van der Waals surface area contributed by atoms with Crippen LogP contribution < -0.4 is 11.3 Å². The largest absolute Gasteiger partial charge is 0.271 e. The summed E-state index contributed by atoms with van der Waals surface area (Å²) in [6.07, 6.45) is 2.21. The highest BCUT2D eigenvalue weighted by atomic mass is 79.9. The molecule has 0 aliphatic heterocycles. The minimum atomic E-state index is 0.359. The highest BCUT2D eigenvalue weighted by Gasteiger charge is 2.07. The first-order chi connectivity index (χ1) is 7.76. The lowest BCUT2D eigenvalue weighted by Gasteiger charge is -2.15. The fraction of sp³-hybridized carbons (Fsp3) is 0.500. The van der Waals surface area contributed by atoms with E-state index in [0.717, 1.165) is 16.6 Å². The van der Waals surface area contributed by atoms with Crippen LogP contribution >= 0.6 is 27.7 Å². The molecular weight excluding hydrogens is 284 g/mol. The van der Waals surface area contributed by atoms with Crippen LogP contribution in [0.25, 0.3) is 0 Å². The molecule has 90 valence electrons. The van der Waals surface area contributed by atoms with Crippen LogP contribution in [0.5, 0.6) is 0 Å². The summed E-state index contributed by atoms with van der Waals surface area (Å²) in [5.74, 6) is 7.84. The number of halogens is 1. The normalized spacial score (nSPS) is 12.7. The van der Waals surface area contributed by atoms with Crippen LogP contribution in [0.1, 0.15) is 18.9 Å². The Kier molecular flexibility index (Phi) is 7.12. The summed E-state index contributed by atoms with van der Waals surface area (Å²) in [6, 6.07) is 8.78. The van der Waals surface area contributed by atoms with Crippen molar-refractivity contribution in [3.8, 4) is 0 Å². The molecule has 4 heteroatoms. The predicted molar refractivity (Wildman–Crippen MR) is 76.6 cm³/mol. The first-order valence-corrected chi connectivity index (χ1v) is 7.49. The Balaban J connectivity index is 2.40. The van der Waals surface area contributed by atoms with Crippen molar-refractivity contribution in [3.05, 3.63) is 34.3 Å². The molecular formula is C12H19BrN2S. The Morgan fingerprint density at radius 3 is 2.62 bits per heavy atom. The standard InChI is InChI=1S/C12H19BrN2S/c1-2-7-16-9-12(15-14)8-10-3-5-11(13)6-4-10/h3-6,12,15H,2,7-9,14H2,1H3. The van der Waals surface area contributed by atoms with Crippen LogP contribution in [-0.2, 0) is 6.42 Å². The molecule has 0 aliphatic rings. The van der Waals surface area contributed by atoms with Crippen LogP contribution in [0.4, 0.5) is 0 Å². The number of hydrazine groups is 1. The average Bonchev–Trinajstić information content (AvgIpc) is 2.31. The van der Waals surface area contributed by atoms with Gasteiger partial charge in [0.15, 0.2) is 0 Å². The highest BCUT2D eigenvalue weighted by Crippen LogP contribution is 2.13. The zero-order valence-electron chi connectivity index (χ0n) is 9.58. The lowest BCUT2D eigenvalue weighted by Crippen LogP contribution is -2.38. The van der Waals surface area contributed by atoms with Crippen molar-refractivity contribution >= 4 is 27.7 Å². The van der Waals surface area contributed by atoms with Crippen LogP contribution in [0.15, 0.2) is 28.7 Å². The molecule has 0 heterocycles. The van der Waals surface area contributed by atoms with E-state index in [-0.39, 0.29) is 0 Å². The van der Waals surface area contributed by atoms with Gasteiger partial charge in [-0.25, -0.2) is 0 Å². The van der Waals surface area contributed by atoms with Gasteiger partial charge in [0, 0.05) is 16.3 Å². The van der Waals surface area contributed by atoms with E-state index in [9.17, 15) is 0 Å². The van der Waals surface area contributed by atoms with E-state index < -0.39 is 0 Å². The van der Waals surface area contributed by atoms with Crippen molar-refractivity contribution in [2.45, 2.75) is 25.8 Å². The number of benzene rings is 1. The Bertz CT molecular complexity index is 290. The molecule has 1 aromatic carbocycles. The second kappa shape index (κ2) is 8.12. The average molecular weight is 303 g/mol. The lowest BCUT2D eigenvalue weighted by atomic mass is 10.1. The maximum atomic E-state index is 5.56. The quantitative estimate of drug-likeness (QED) is 0.462. The Morgan fingerprint density at radius 1 is 1.38 bits per heavy atom. The molecule has 1 unspecified atom stereocenters. The van der Waals surface area contributed by atoms with E-state index in [4.69, 9.17) is 5.84 Å². The van der Waals surface area contributed by atoms with Crippen LogP contribution in [0.2, 0.25) is 0 Å². The summed E-state index contributed by atoms with van der Waals surface area (Å²) in [4.78, 5) is 0. The molecule has 1 aromatic rings. The summed E-state index contributed by atoms with van der Waals surface area (Å²) < 4.78 is 1.12. The van der Waals surface area contributed by atoms with Gasteiger partial charge in [-0.15, -0.1) is 0 Å². The number of nitrogens with one attached hydrogen (secondary N) is 1. The van der Waals surface area contributed by atoms with Crippen LogP contribution in [0.3, 0.4) is 0 Å². The van der Waals surface area contributed by atoms with E-state index in [2.05, 4.69) is 52.5 Å². The van der Waals surface area contributed by atoms with E-state index in [1.165, 1.54) is 17.7 Å². The number of thioether (sulfide) groups is 1. The molecule has 1 rings (SSSR count). The summed E-state index contributed by atoms with van der Waals surface area (Å²) in [5, 5.41) is 0. The van der Waals surface area contributed by atoms with E-state index in [1.54, 1.807) is 0 Å². The zero-order chi connectivity index (χ0) is 11.8. The Morgan fingerprint density at radius 2 is 2.06 bits per heavy atom. The van der Waals surface area contributed by atoms with Crippen molar-refractivity contribution in [1.82, 2.24) is 5.43 Å². The Hall–Kier alpha value is -0.0300. The van der Waals surface area contributed by atoms with Crippen LogP contribution in [0, 0.1) is 0 Å². The maximum absolute atomic E-state index is 5.56. The molecule has 1 atom stereocenters. The fourth-order valence-corrected chi connectivity index (χ4v) is 2.66. The molecule has 0 fully saturated rings. The van der Waals surface area contributed by atoms with E-state index in [1.807, 2.05) is 11.8 Å². The fourth-order valence-electron chi connectivity index (χ4n) is 1.44. The molecule has 0 saturated carbocycles. The number of hydrogen-bond acceptors (Lipinski definition) is 3. The van der Waals surface area contributed by atoms with Gasteiger partial charge in [-0.05, 0) is 36.3 Å². The van der Waals surface area contributed by atoms with Gasteiger partial charge in [0.1, 0.15) is 0 Å². The van der Waals surface area contributed by atoms with Crippen molar-refractivity contribution in [1.29, 1.82) is 0 Å². The van der Waals surface area contributed by atoms with Gasteiger partial charge in [-0.3, -0.25) is 11.3 Å². The third-order valence-corrected chi connectivity index (χ3v) is 4.16. The van der Waals surface area contributed by atoms with Crippen molar-refractivity contribution < 1.29 is 0 Å². The number of hydrogen-bond donors (Lipinski definition) is 2. The van der Waals surface area contributed by atoms with Gasteiger partial charge in [0.05, 0.1) is 0 Å². The first kappa shape index (κ1) is 14.0. The third kappa shape index (κ3) is 5.34. The summed E-state index contributed by atoms with van der Waals surface area (Å²) >= 11 is 5.39. The second-order valence-electron chi connectivity index (χ2n) is 3.77. The Labute approximate surface area is 110 Å². The van der Waals surface area contributed by atoms with Gasteiger partial charge in [-0.2, -0.15) is 11.8 Å². The van der Waals surface area contributed by atoms with Crippen molar-refractivity contribution in [2.75, 3.05) is 11.5 Å². The molecule has 2 nitrogen and oxygen atoms in total. The molecule has 0 radical (unpaired) electrons. The number of rotatable bonds is 7. The zero-order valence-corrected chi connectivity index (χ0v) is 12.0. The SMILES string of the molecule is CCCSCC(Cc1ccc(Br)cc1)NN. The van der Waals surface area contributed by atoms with Gasteiger partial charge in [0.25, 0.3) is 0 Å². The molecule has 0 spiro atoms. The first-order valence-electron chi connectivity index (χ1n) is 5.54. The molecule has 0 aliphatic carbocycles. The van der Waals surface area contributed by atoms with E-state index >= 15 is 0 Å². The monoisotopic (exact) mass is 302 g/mol. The summed E-state index contributed by atoms with van der Waals surface area (Å²) in [6.45, 7) is 2.20. The van der Waals surface area contributed by atoms with Crippen molar-refractivity contribution in [3.63, 3.8) is 0 Å². The second-order valence-corrected chi connectivity index (χ2v) is 5.83. The lowest BCUT2D eigenvalue weighted by molar-refractivity contribution is 0.575. The minimum Gasteiger partial charge on any atom is -0.271 e. The summed E-state index contributed by atoms with van der Waals surface area (Å²) in [7, 11) is 0. The maximum Gasteiger partial charge on any atom is 0.0341 e. The predicted octanol–water partition coefficient (Wildman–Crippen LogP) is 2.97.